The summed E-state index contributed by atoms with van der Waals surface area (Å²) < 4.78 is 16.2. The second-order valence-corrected chi connectivity index (χ2v) is 7.03. The van der Waals surface area contributed by atoms with Crippen molar-refractivity contribution < 1.29 is 18.8 Å². The molecule has 7 heteroatoms. The van der Waals surface area contributed by atoms with E-state index >= 15 is 0 Å². The van der Waals surface area contributed by atoms with Gasteiger partial charge in [0.1, 0.15) is 6.04 Å². The molecule has 0 saturated carbocycles. The summed E-state index contributed by atoms with van der Waals surface area (Å²) in [7, 11) is 3.17. The lowest BCUT2D eigenvalue weighted by atomic mass is 10.1. The molecule has 150 valence electrons. The molecule has 29 heavy (non-hydrogen) atoms. The zero-order valence-corrected chi connectivity index (χ0v) is 16.7. The maximum absolute atomic E-state index is 12.5. The van der Waals surface area contributed by atoms with Crippen molar-refractivity contribution in [2.24, 2.45) is 0 Å². The number of aromatic nitrogens is 2. The summed E-state index contributed by atoms with van der Waals surface area (Å²) in [6.45, 7) is 2.58. The van der Waals surface area contributed by atoms with Gasteiger partial charge in [-0.15, -0.1) is 0 Å². The van der Waals surface area contributed by atoms with Crippen LogP contribution in [0.2, 0.25) is 0 Å². The highest BCUT2D eigenvalue weighted by Crippen LogP contribution is 2.36. The number of likely N-dealkylation sites (tertiary alicyclic amines) is 1. The first-order chi connectivity index (χ1) is 14.1. The molecule has 0 radical (unpaired) electrons. The van der Waals surface area contributed by atoms with Gasteiger partial charge in [-0.2, -0.15) is 4.98 Å². The summed E-state index contributed by atoms with van der Waals surface area (Å²) in [5.74, 6) is 2.23. The molecule has 0 bridgehead atoms. The predicted octanol–water partition coefficient (Wildman–Crippen LogP) is 3.93. The monoisotopic (exact) mass is 393 g/mol. The van der Waals surface area contributed by atoms with Crippen molar-refractivity contribution in [3.63, 3.8) is 0 Å². The minimum Gasteiger partial charge on any atom is -0.493 e. The van der Waals surface area contributed by atoms with E-state index in [4.69, 9.17) is 14.0 Å². The fraction of sp³-hybridized carbons (Fsp3) is 0.318. The molecule has 2 aromatic carbocycles. The fourth-order valence-electron chi connectivity index (χ4n) is 3.62. The zero-order valence-electron chi connectivity index (χ0n) is 16.7. The van der Waals surface area contributed by atoms with Gasteiger partial charge in [0.15, 0.2) is 11.5 Å². The maximum Gasteiger partial charge on any atom is 0.249 e. The maximum atomic E-state index is 12.5. The molecule has 0 aliphatic carbocycles. The summed E-state index contributed by atoms with van der Waals surface area (Å²) in [5.41, 5.74) is 3.03. The van der Waals surface area contributed by atoms with E-state index in [1.54, 1.807) is 26.4 Å². The number of aryl methyl sites for hydroxylation is 1. The van der Waals surface area contributed by atoms with Crippen LogP contribution in [-0.2, 0) is 11.3 Å². The molecule has 1 atom stereocenters. The molecule has 1 aliphatic heterocycles. The molecule has 1 fully saturated rings. The lowest BCUT2D eigenvalue weighted by Crippen LogP contribution is -2.27. The normalized spacial score (nSPS) is 16.3. The number of rotatable bonds is 6. The van der Waals surface area contributed by atoms with E-state index in [0.29, 0.717) is 42.6 Å². The Morgan fingerprint density at radius 2 is 1.93 bits per heavy atom. The van der Waals surface area contributed by atoms with E-state index in [1.807, 2.05) is 42.2 Å². The minimum atomic E-state index is -0.219. The van der Waals surface area contributed by atoms with Crippen molar-refractivity contribution >= 4 is 5.91 Å². The number of carbonyl (C=O) groups excluding carboxylic acids is 1. The smallest absolute Gasteiger partial charge is 0.249 e. The largest absolute Gasteiger partial charge is 0.493 e. The molecule has 2 heterocycles. The van der Waals surface area contributed by atoms with Gasteiger partial charge in [0, 0.05) is 18.5 Å². The molecule has 7 nitrogen and oxygen atoms in total. The van der Waals surface area contributed by atoms with Crippen molar-refractivity contribution in [1.29, 1.82) is 0 Å². The van der Waals surface area contributed by atoms with E-state index < -0.39 is 0 Å². The third kappa shape index (κ3) is 3.68. The Hall–Kier alpha value is -3.35. The van der Waals surface area contributed by atoms with Crippen LogP contribution in [0.25, 0.3) is 11.4 Å². The fourth-order valence-corrected chi connectivity index (χ4v) is 3.62. The molecular formula is C22H23N3O4. The Bertz CT molecular complexity index is 1030. The highest BCUT2D eigenvalue weighted by Gasteiger charge is 2.36. The summed E-state index contributed by atoms with van der Waals surface area (Å²) in [6.07, 6.45) is 1.14. The van der Waals surface area contributed by atoms with Crippen LogP contribution >= 0.6 is 0 Å². The molecule has 4 rings (SSSR count). The van der Waals surface area contributed by atoms with Crippen LogP contribution in [0.1, 0.15) is 35.9 Å². The number of methoxy groups -OCH3 is 2. The summed E-state index contributed by atoms with van der Waals surface area (Å²) in [4.78, 5) is 18.9. The van der Waals surface area contributed by atoms with E-state index in [0.717, 1.165) is 16.7 Å². The average molecular weight is 393 g/mol. The van der Waals surface area contributed by atoms with E-state index in [9.17, 15) is 4.79 Å². The van der Waals surface area contributed by atoms with Gasteiger partial charge >= 0.3 is 0 Å². The molecule has 0 spiro atoms. The number of ether oxygens (including phenoxy) is 2. The van der Waals surface area contributed by atoms with Crippen LogP contribution in [-0.4, -0.2) is 35.2 Å². The lowest BCUT2D eigenvalue weighted by molar-refractivity contribution is -0.130. The number of benzene rings is 2. The van der Waals surface area contributed by atoms with Gasteiger partial charge in [0.25, 0.3) is 0 Å². The average Bonchev–Trinajstić information content (AvgIpc) is 3.36. The summed E-state index contributed by atoms with van der Waals surface area (Å²) in [5, 5.41) is 4.13. The van der Waals surface area contributed by atoms with Crippen LogP contribution in [0.15, 0.2) is 47.0 Å². The Balaban J connectivity index is 1.60. The highest BCUT2D eigenvalue weighted by molar-refractivity contribution is 5.79. The Labute approximate surface area is 169 Å². The van der Waals surface area contributed by atoms with E-state index in [2.05, 4.69) is 10.1 Å². The second kappa shape index (κ2) is 7.95. The number of amides is 1. The Kier molecular flexibility index (Phi) is 5.20. The molecule has 1 amide bonds. The first-order valence-electron chi connectivity index (χ1n) is 9.50. The number of carbonyl (C=O) groups is 1. The van der Waals surface area contributed by atoms with Gasteiger partial charge in [-0.05, 0) is 42.7 Å². The van der Waals surface area contributed by atoms with Gasteiger partial charge in [0.05, 0.1) is 14.2 Å². The van der Waals surface area contributed by atoms with E-state index in [-0.39, 0.29) is 11.9 Å². The number of hydrogen-bond donors (Lipinski definition) is 0. The number of hydrogen-bond acceptors (Lipinski definition) is 6. The topological polar surface area (TPSA) is 77.7 Å². The van der Waals surface area contributed by atoms with Crippen molar-refractivity contribution in [2.75, 3.05) is 14.2 Å². The van der Waals surface area contributed by atoms with Crippen LogP contribution in [0.5, 0.6) is 11.5 Å². The van der Waals surface area contributed by atoms with Crippen molar-refractivity contribution in [1.82, 2.24) is 15.0 Å². The van der Waals surface area contributed by atoms with Crippen LogP contribution in [0.4, 0.5) is 0 Å². The van der Waals surface area contributed by atoms with Crippen molar-refractivity contribution in [2.45, 2.75) is 32.4 Å². The predicted molar refractivity (Wildman–Crippen MR) is 107 cm³/mol. The Morgan fingerprint density at radius 1 is 1.14 bits per heavy atom. The molecule has 0 N–H and O–H groups in total. The molecule has 1 aliphatic rings. The van der Waals surface area contributed by atoms with Crippen molar-refractivity contribution in [3.05, 3.63) is 59.5 Å². The third-order valence-corrected chi connectivity index (χ3v) is 5.30. The van der Waals surface area contributed by atoms with Crippen LogP contribution < -0.4 is 9.47 Å². The molecule has 1 unspecified atom stereocenters. The first-order valence-corrected chi connectivity index (χ1v) is 9.50. The van der Waals surface area contributed by atoms with Crippen LogP contribution in [0, 0.1) is 6.92 Å². The van der Waals surface area contributed by atoms with Crippen molar-refractivity contribution in [3.8, 4) is 22.9 Å². The quantitative estimate of drug-likeness (QED) is 0.632. The summed E-state index contributed by atoms with van der Waals surface area (Å²) in [6, 6.07) is 13.3. The van der Waals surface area contributed by atoms with Crippen LogP contribution in [0.3, 0.4) is 0 Å². The molecular weight excluding hydrogens is 370 g/mol. The summed E-state index contributed by atoms with van der Waals surface area (Å²) >= 11 is 0. The standard InChI is InChI=1S/C22H23N3O4/c1-14-6-4-5-7-16(14)13-25-17(9-11-20(25)26)22-23-21(24-29-22)15-8-10-18(27-2)19(12-15)28-3/h4-8,10,12,17H,9,11,13H2,1-3H3. The highest BCUT2D eigenvalue weighted by atomic mass is 16.5. The second-order valence-electron chi connectivity index (χ2n) is 7.03. The Morgan fingerprint density at radius 3 is 2.69 bits per heavy atom. The third-order valence-electron chi connectivity index (χ3n) is 5.30. The van der Waals surface area contributed by atoms with Gasteiger partial charge in [-0.25, -0.2) is 0 Å². The molecule has 1 saturated heterocycles. The van der Waals surface area contributed by atoms with E-state index in [1.165, 1.54) is 0 Å². The minimum absolute atomic E-state index is 0.101. The van der Waals surface area contributed by atoms with Gasteiger partial charge < -0.3 is 18.9 Å². The zero-order chi connectivity index (χ0) is 20.4. The molecule has 3 aromatic rings. The molecule has 1 aromatic heterocycles. The SMILES string of the molecule is COc1ccc(-c2noc(C3CCC(=O)N3Cc3ccccc3C)n2)cc1OC. The van der Waals surface area contributed by atoms with Gasteiger partial charge in [-0.3, -0.25) is 4.79 Å². The first kappa shape index (κ1) is 19.0. The lowest BCUT2D eigenvalue weighted by Gasteiger charge is -2.23. The van der Waals surface area contributed by atoms with Gasteiger partial charge in [-0.1, -0.05) is 29.4 Å². The number of nitrogens with zero attached hydrogens (tertiary/aromatic N) is 3. The van der Waals surface area contributed by atoms with Gasteiger partial charge in [0.2, 0.25) is 17.6 Å².